The second-order valence-corrected chi connectivity index (χ2v) is 11.1. The first-order chi connectivity index (χ1) is 19.1. The van der Waals surface area contributed by atoms with Gasteiger partial charge >= 0.3 is 0 Å². The van der Waals surface area contributed by atoms with Crippen molar-refractivity contribution in [3.63, 3.8) is 0 Å². The van der Waals surface area contributed by atoms with E-state index in [2.05, 4.69) is 30.9 Å². The highest BCUT2D eigenvalue weighted by Gasteiger charge is 2.35. The van der Waals surface area contributed by atoms with Gasteiger partial charge in [0.05, 0.1) is 30.8 Å². The predicted molar refractivity (Wildman–Crippen MR) is 149 cm³/mol. The molecule has 3 aromatic rings. The van der Waals surface area contributed by atoms with Gasteiger partial charge in [-0.1, -0.05) is 12.1 Å². The first-order valence-corrected chi connectivity index (χ1v) is 14.4. The maximum Gasteiger partial charge on any atom is 0.225 e. The van der Waals surface area contributed by atoms with E-state index >= 15 is 0 Å². The Morgan fingerprint density at radius 3 is 2.62 bits per heavy atom. The van der Waals surface area contributed by atoms with Crippen molar-refractivity contribution in [2.45, 2.75) is 57.7 Å². The highest BCUT2D eigenvalue weighted by Crippen LogP contribution is 2.31. The Hall–Kier alpha value is -3.24. The van der Waals surface area contributed by atoms with E-state index in [-0.39, 0.29) is 12.0 Å². The second-order valence-electron chi connectivity index (χ2n) is 11.1. The quantitative estimate of drug-likeness (QED) is 0.495. The largest absolute Gasteiger partial charge is 0.494 e. The molecule has 1 amide bonds. The Kier molecular flexibility index (Phi) is 7.65. The van der Waals surface area contributed by atoms with E-state index in [1.165, 1.54) is 0 Å². The van der Waals surface area contributed by atoms with Crippen LogP contribution in [0.3, 0.4) is 0 Å². The number of hydrogen-bond donors (Lipinski definition) is 1. The summed E-state index contributed by atoms with van der Waals surface area (Å²) in [5.74, 6) is 2.18. The minimum atomic E-state index is -0.177. The van der Waals surface area contributed by atoms with Crippen molar-refractivity contribution >= 4 is 22.8 Å². The molecule has 3 aliphatic rings. The molecule has 0 radical (unpaired) electrons. The Morgan fingerprint density at radius 2 is 1.87 bits per heavy atom. The average molecular weight is 534 g/mol. The number of ether oxygens (including phenoxy) is 1. The summed E-state index contributed by atoms with van der Waals surface area (Å²) in [6.07, 6.45) is 8.19. The Bertz CT molecular complexity index is 1280. The highest BCUT2D eigenvalue weighted by atomic mass is 16.5. The van der Waals surface area contributed by atoms with Crippen LogP contribution in [0.15, 0.2) is 36.8 Å². The van der Waals surface area contributed by atoms with Gasteiger partial charge in [0, 0.05) is 51.2 Å². The van der Waals surface area contributed by atoms with Crippen LogP contribution in [0.1, 0.15) is 44.6 Å². The number of piperazine rings is 1. The van der Waals surface area contributed by atoms with Gasteiger partial charge in [-0.25, -0.2) is 14.6 Å². The minimum absolute atomic E-state index is 0.130. The lowest BCUT2D eigenvalue weighted by molar-refractivity contribution is -0.137. The number of hydrogen-bond acceptors (Lipinski definition) is 8. The van der Waals surface area contributed by atoms with Crippen LogP contribution < -0.4 is 9.64 Å². The molecule has 208 valence electrons. The number of carbonyl (C=O) groups is 1. The molecule has 1 N–H and O–H groups in total. The molecular formula is C29H39N7O3. The topological polar surface area (TPSA) is 99.9 Å². The molecule has 1 aliphatic carbocycles. The number of nitrogens with zero attached hydrogens (tertiary/aromatic N) is 7. The molecule has 1 aromatic carbocycles. The lowest BCUT2D eigenvalue weighted by Crippen LogP contribution is -2.51. The summed E-state index contributed by atoms with van der Waals surface area (Å²) < 4.78 is 7.55. The first-order valence-electron chi connectivity index (χ1n) is 14.4. The van der Waals surface area contributed by atoms with E-state index in [4.69, 9.17) is 4.74 Å². The van der Waals surface area contributed by atoms with Crippen molar-refractivity contribution in [2.75, 3.05) is 50.8 Å². The van der Waals surface area contributed by atoms with Gasteiger partial charge in [-0.3, -0.25) is 9.69 Å². The van der Waals surface area contributed by atoms with Crippen LogP contribution in [0, 0.1) is 5.92 Å². The van der Waals surface area contributed by atoms with Gasteiger partial charge in [-0.15, -0.1) is 0 Å². The Balaban J connectivity index is 1.06. The standard InChI is InChI=1S/C29H39N7O3/c1-2-39-25-5-3-4-21(16-25)18-36-28-26(17-32-36)27(30-20-31-28)33-12-14-34(15-13-33)29(38)22-6-8-23(9-7-22)35-11-10-24(37)19-35/h3-5,16-17,20,22-24,37H,2,6-15,18-19H2,1H3/t22?,23?,24-/m0/s1. The molecule has 10 nitrogen and oxygen atoms in total. The van der Waals surface area contributed by atoms with Gasteiger partial charge < -0.3 is 19.6 Å². The van der Waals surface area contributed by atoms with Crippen LogP contribution >= 0.6 is 0 Å². The van der Waals surface area contributed by atoms with E-state index in [1.807, 2.05) is 40.9 Å². The van der Waals surface area contributed by atoms with Crippen molar-refractivity contribution in [3.8, 4) is 5.75 Å². The van der Waals surface area contributed by atoms with Gasteiger partial charge in [-0.05, 0) is 56.7 Å². The SMILES string of the molecule is CCOc1cccc(Cn2ncc3c(N4CCN(C(=O)C5CCC(N6CC[C@H](O)C6)CC5)CC4)ncnc32)c1. The van der Waals surface area contributed by atoms with Crippen LogP contribution in [0.2, 0.25) is 0 Å². The minimum Gasteiger partial charge on any atom is -0.494 e. The number of anilines is 1. The third-order valence-corrected chi connectivity index (χ3v) is 8.60. The molecule has 0 unspecified atom stereocenters. The normalized spacial score (nSPS) is 24.4. The number of aliphatic hydroxyl groups is 1. The lowest BCUT2D eigenvalue weighted by atomic mass is 9.84. The molecule has 1 saturated carbocycles. The second kappa shape index (κ2) is 11.5. The molecule has 10 heteroatoms. The fourth-order valence-electron chi connectivity index (χ4n) is 6.51. The van der Waals surface area contributed by atoms with Gasteiger partial charge in [0.1, 0.15) is 17.9 Å². The summed E-state index contributed by atoms with van der Waals surface area (Å²) in [5, 5.41) is 15.4. The molecule has 0 bridgehead atoms. The number of aromatic nitrogens is 4. The molecule has 1 atom stereocenters. The third kappa shape index (κ3) is 5.58. The van der Waals surface area contributed by atoms with Gasteiger partial charge in [0.15, 0.2) is 5.65 Å². The molecule has 39 heavy (non-hydrogen) atoms. The molecule has 0 spiro atoms. The Morgan fingerprint density at radius 1 is 1.05 bits per heavy atom. The smallest absolute Gasteiger partial charge is 0.225 e. The molecule has 3 fully saturated rings. The Labute approximate surface area is 229 Å². The van der Waals surface area contributed by atoms with Crippen molar-refractivity contribution < 1.29 is 14.6 Å². The zero-order valence-electron chi connectivity index (χ0n) is 22.8. The van der Waals surface area contributed by atoms with Crippen molar-refractivity contribution in [2.24, 2.45) is 5.92 Å². The summed E-state index contributed by atoms with van der Waals surface area (Å²) in [7, 11) is 0. The molecule has 4 heterocycles. The average Bonchev–Trinajstić information content (AvgIpc) is 3.59. The van der Waals surface area contributed by atoms with Crippen LogP contribution in [0.4, 0.5) is 5.82 Å². The number of amides is 1. The molecule has 6 rings (SSSR count). The molecular weight excluding hydrogens is 494 g/mol. The molecule has 2 aliphatic heterocycles. The molecule has 2 saturated heterocycles. The monoisotopic (exact) mass is 533 g/mol. The number of aliphatic hydroxyl groups excluding tert-OH is 1. The van der Waals surface area contributed by atoms with Gasteiger partial charge in [0.25, 0.3) is 0 Å². The van der Waals surface area contributed by atoms with Crippen LogP contribution in [0.25, 0.3) is 11.0 Å². The summed E-state index contributed by atoms with van der Waals surface area (Å²) >= 11 is 0. The first kappa shape index (κ1) is 26.0. The van der Waals surface area contributed by atoms with E-state index in [1.54, 1.807) is 6.33 Å². The summed E-state index contributed by atoms with van der Waals surface area (Å²) in [6.45, 7) is 7.92. The number of carbonyl (C=O) groups excluding carboxylic acids is 1. The number of likely N-dealkylation sites (tertiary alicyclic amines) is 1. The molecule has 2 aromatic heterocycles. The zero-order valence-corrected chi connectivity index (χ0v) is 22.8. The fourth-order valence-corrected chi connectivity index (χ4v) is 6.51. The summed E-state index contributed by atoms with van der Waals surface area (Å²) in [5.41, 5.74) is 1.91. The third-order valence-electron chi connectivity index (χ3n) is 8.60. The van der Waals surface area contributed by atoms with E-state index in [0.29, 0.717) is 38.2 Å². The number of β-amino-alcohol motifs (C(OH)–C–C–N with tert-alkyl or cyclic N) is 1. The predicted octanol–water partition coefficient (Wildman–Crippen LogP) is 2.55. The van der Waals surface area contributed by atoms with E-state index < -0.39 is 0 Å². The van der Waals surface area contributed by atoms with Crippen LogP contribution in [-0.2, 0) is 11.3 Å². The van der Waals surface area contributed by atoms with Crippen molar-refractivity contribution in [3.05, 3.63) is 42.4 Å². The maximum atomic E-state index is 13.3. The van der Waals surface area contributed by atoms with Gasteiger partial charge in [0.2, 0.25) is 5.91 Å². The highest BCUT2D eigenvalue weighted by molar-refractivity contribution is 5.87. The van der Waals surface area contributed by atoms with Crippen LogP contribution in [0.5, 0.6) is 5.75 Å². The zero-order chi connectivity index (χ0) is 26.8. The van der Waals surface area contributed by atoms with E-state index in [9.17, 15) is 9.90 Å². The van der Waals surface area contributed by atoms with Gasteiger partial charge in [-0.2, -0.15) is 5.10 Å². The van der Waals surface area contributed by atoms with E-state index in [0.717, 1.165) is 86.4 Å². The van der Waals surface area contributed by atoms with Crippen LogP contribution in [-0.4, -0.2) is 98.6 Å². The number of benzene rings is 1. The summed E-state index contributed by atoms with van der Waals surface area (Å²) in [6, 6.07) is 8.59. The number of fused-ring (bicyclic) bond motifs is 1. The van der Waals surface area contributed by atoms with Crippen molar-refractivity contribution in [1.82, 2.24) is 29.5 Å². The fraction of sp³-hybridized carbons (Fsp3) is 0.586. The van der Waals surface area contributed by atoms with Crippen molar-refractivity contribution in [1.29, 1.82) is 0 Å². The number of rotatable bonds is 7. The summed E-state index contributed by atoms with van der Waals surface area (Å²) in [4.78, 5) is 29.2. The maximum absolute atomic E-state index is 13.3. The lowest BCUT2D eigenvalue weighted by Gasteiger charge is -2.39.